The number of aromatic carboxylic acids is 1. The molecule has 1 amide bonds. The van der Waals surface area contributed by atoms with Crippen molar-refractivity contribution in [3.63, 3.8) is 0 Å². The zero-order valence-corrected chi connectivity index (χ0v) is 16.8. The minimum atomic E-state index is -0.923. The maximum atomic E-state index is 11.9. The third kappa shape index (κ3) is 5.17. The number of carbonyl (C=O) groups is 2. The largest absolute Gasteiger partial charge is 0.478 e. The summed E-state index contributed by atoms with van der Waals surface area (Å²) in [5.41, 5.74) is 8.95. The smallest absolute Gasteiger partial charge is 0.335 e. The maximum Gasteiger partial charge on any atom is 0.335 e. The number of rotatable bonds is 2. The summed E-state index contributed by atoms with van der Waals surface area (Å²) in [6.07, 6.45) is 1.90. The van der Waals surface area contributed by atoms with Gasteiger partial charge in [0, 0.05) is 18.7 Å². The monoisotopic (exact) mass is 370 g/mol. The Labute approximate surface area is 161 Å². The van der Waals surface area contributed by atoms with Crippen LogP contribution in [0.15, 0.2) is 42.5 Å². The number of amides is 1. The van der Waals surface area contributed by atoms with Crippen molar-refractivity contribution in [3.05, 3.63) is 53.6 Å². The highest BCUT2D eigenvalue weighted by Crippen LogP contribution is 2.34. The molecular weight excluding hydrogens is 340 g/mol. The average Bonchev–Trinajstić information content (AvgIpc) is 2.70. The number of aryl methyl sites for hydroxylation is 1. The van der Waals surface area contributed by atoms with Crippen LogP contribution in [0, 0.1) is 0 Å². The summed E-state index contributed by atoms with van der Waals surface area (Å²) < 4.78 is 0. The van der Waals surface area contributed by atoms with Crippen molar-refractivity contribution in [3.8, 4) is 11.1 Å². The second kappa shape index (κ2) is 10.5. The van der Waals surface area contributed by atoms with Crippen molar-refractivity contribution in [1.29, 1.82) is 0 Å². The van der Waals surface area contributed by atoms with Crippen LogP contribution >= 0.6 is 0 Å². The number of nitrogens with two attached hydrogens (primary N) is 1. The molecule has 5 nitrogen and oxygen atoms in total. The number of benzene rings is 2. The fourth-order valence-corrected chi connectivity index (χ4v) is 3.22. The summed E-state index contributed by atoms with van der Waals surface area (Å²) in [4.78, 5) is 24.7. The Morgan fingerprint density at radius 3 is 2.11 bits per heavy atom. The highest BCUT2D eigenvalue weighted by atomic mass is 16.4. The van der Waals surface area contributed by atoms with Gasteiger partial charge >= 0.3 is 5.97 Å². The molecule has 0 aromatic heterocycles. The van der Waals surface area contributed by atoms with Crippen molar-refractivity contribution < 1.29 is 14.7 Å². The van der Waals surface area contributed by atoms with Gasteiger partial charge in [0.1, 0.15) is 0 Å². The maximum absolute atomic E-state index is 11.9. The summed E-state index contributed by atoms with van der Waals surface area (Å²) in [5.74, 6) is -0.856. The van der Waals surface area contributed by atoms with Crippen LogP contribution < -0.4 is 10.6 Å². The molecule has 0 saturated carbocycles. The van der Waals surface area contributed by atoms with E-state index in [0.29, 0.717) is 0 Å². The topological polar surface area (TPSA) is 83.6 Å². The van der Waals surface area contributed by atoms with E-state index in [1.54, 1.807) is 19.1 Å². The van der Waals surface area contributed by atoms with Gasteiger partial charge in [0.2, 0.25) is 5.91 Å². The lowest BCUT2D eigenvalue weighted by atomic mass is 9.93. The van der Waals surface area contributed by atoms with Gasteiger partial charge in [-0.15, -0.1) is 0 Å². The van der Waals surface area contributed by atoms with Gasteiger partial charge in [-0.1, -0.05) is 32.0 Å². The molecule has 0 spiro atoms. The van der Waals surface area contributed by atoms with E-state index in [-0.39, 0.29) is 17.5 Å². The number of hydrogen-bond acceptors (Lipinski definition) is 3. The van der Waals surface area contributed by atoms with E-state index in [2.05, 4.69) is 18.7 Å². The van der Waals surface area contributed by atoms with E-state index in [9.17, 15) is 9.59 Å². The van der Waals surface area contributed by atoms with Crippen molar-refractivity contribution in [2.45, 2.75) is 46.6 Å². The van der Waals surface area contributed by atoms with E-state index in [1.165, 1.54) is 7.05 Å². The molecule has 146 valence electrons. The normalized spacial score (nSPS) is 14.7. The fourth-order valence-electron chi connectivity index (χ4n) is 3.22. The standard InChI is InChI=1S/C19H19NO3.C2H6.CH5N/c1-12-3-4-17-11-16(9-10-18(17)20(12)13(2)21)14-5-7-15(8-6-14)19(22)23;2*1-2/h5-12H,3-4H2,1-2H3,(H,22,23);1-2H3;2H2,1H3/t12-;;/m0../s1. The Bertz CT molecular complexity index is 770. The van der Waals surface area contributed by atoms with E-state index in [0.717, 1.165) is 35.2 Å². The zero-order chi connectivity index (χ0) is 20.6. The van der Waals surface area contributed by atoms with E-state index >= 15 is 0 Å². The summed E-state index contributed by atoms with van der Waals surface area (Å²) >= 11 is 0. The van der Waals surface area contributed by atoms with Crippen LogP contribution in [0.5, 0.6) is 0 Å². The lowest BCUT2D eigenvalue weighted by Crippen LogP contribution is -2.40. The average molecular weight is 370 g/mol. The highest BCUT2D eigenvalue weighted by molar-refractivity contribution is 5.94. The number of anilines is 1. The molecule has 0 radical (unpaired) electrons. The van der Waals surface area contributed by atoms with Gasteiger partial charge < -0.3 is 15.7 Å². The molecule has 0 fully saturated rings. The van der Waals surface area contributed by atoms with Gasteiger partial charge in [0.25, 0.3) is 0 Å². The number of nitrogens with zero attached hydrogens (tertiary/aromatic N) is 1. The molecule has 3 N–H and O–H groups in total. The number of fused-ring (bicyclic) bond motifs is 1. The van der Waals surface area contributed by atoms with E-state index in [4.69, 9.17) is 5.11 Å². The van der Waals surface area contributed by atoms with Crippen molar-refractivity contribution in [1.82, 2.24) is 0 Å². The second-order valence-electron chi connectivity index (χ2n) is 6.00. The van der Waals surface area contributed by atoms with Crippen LogP contribution in [-0.2, 0) is 11.2 Å². The van der Waals surface area contributed by atoms with Gasteiger partial charge in [-0.05, 0) is 67.8 Å². The molecule has 0 bridgehead atoms. The quantitative estimate of drug-likeness (QED) is 0.823. The molecule has 3 rings (SSSR count). The van der Waals surface area contributed by atoms with Crippen LogP contribution in [0.3, 0.4) is 0 Å². The minimum Gasteiger partial charge on any atom is -0.478 e. The third-order valence-corrected chi connectivity index (χ3v) is 4.42. The molecule has 0 unspecified atom stereocenters. The third-order valence-electron chi connectivity index (χ3n) is 4.42. The second-order valence-corrected chi connectivity index (χ2v) is 6.00. The molecule has 27 heavy (non-hydrogen) atoms. The van der Waals surface area contributed by atoms with Gasteiger partial charge in [-0.3, -0.25) is 4.79 Å². The minimum absolute atomic E-state index is 0.0667. The molecule has 2 aromatic carbocycles. The number of carbonyl (C=O) groups excluding carboxylic acids is 1. The van der Waals surface area contributed by atoms with Crippen molar-refractivity contribution in [2.24, 2.45) is 5.73 Å². The summed E-state index contributed by atoms with van der Waals surface area (Å²) in [6.45, 7) is 7.67. The molecule has 5 heteroatoms. The van der Waals surface area contributed by atoms with Crippen molar-refractivity contribution in [2.75, 3.05) is 11.9 Å². The van der Waals surface area contributed by atoms with Gasteiger partial charge in [0.15, 0.2) is 0 Å². The fraction of sp³-hybridized carbons (Fsp3) is 0.364. The van der Waals surface area contributed by atoms with Gasteiger partial charge in [-0.2, -0.15) is 0 Å². The Hall–Kier alpha value is -2.66. The van der Waals surface area contributed by atoms with Crippen LogP contribution in [0.4, 0.5) is 5.69 Å². The lowest BCUT2D eigenvalue weighted by molar-refractivity contribution is -0.117. The van der Waals surface area contributed by atoms with Crippen LogP contribution in [0.25, 0.3) is 11.1 Å². The van der Waals surface area contributed by atoms with Crippen molar-refractivity contribution >= 4 is 17.6 Å². The Morgan fingerprint density at radius 1 is 1.04 bits per heavy atom. The summed E-state index contributed by atoms with van der Waals surface area (Å²) in [6, 6.07) is 13.2. The van der Waals surface area contributed by atoms with Gasteiger partial charge in [-0.25, -0.2) is 4.79 Å². The van der Waals surface area contributed by atoms with Crippen LogP contribution in [-0.4, -0.2) is 30.1 Å². The highest BCUT2D eigenvalue weighted by Gasteiger charge is 2.26. The first-order valence-electron chi connectivity index (χ1n) is 9.31. The summed E-state index contributed by atoms with van der Waals surface area (Å²) in [7, 11) is 1.50. The van der Waals surface area contributed by atoms with Gasteiger partial charge in [0.05, 0.1) is 5.56 Å². The molecule has 1 aliphatic heterocycles. The first kappa shape index (κ1) is 22.4. The first-order valence-corrected chi connectivity index (χ1v) is 9.31. The molecular formula is C22H30N2O3. The van der Waals surface area contributed by atoms with Crippen LogP contribution in [0.2, 0.25) is 0 Å². The molecule has 0 saturated heterocycles. The number of carboxylic acid groups (broad SMARTS) is 1. The predicted molar refractivity (Wildman–Crippen MR) is 111 cm³/mol. The van der Waals surface area contributed by atoms with Crippen LogP contribution in [0.1, 0.15) is 50.0 Å². The molecule has 1 atom stereocenters. The Morgan fingerprint density at radius 2 is 1.59 bits per heavy atom. The molecule has 1 heterocycles. The lowest BCUT2D eigenvalue weighted by Gasteiger charge is -2.34. The number of hydrogen-bond donors (Lipinski definition) is 2. The Balaban J connectivity index is 0.000000855. The molecule has 2 aromatic rings. The predicted octanol–water partition coefficient (Wildman–Crippen LogP) is 4.34. The summed E-state index contributed by atoms with van der Waals surface area (Å²) in [5, 5.41) is 8.97. The number of carboxylic acids is 1. The molecule has 0 aliphatic carbocycles. The Kier molecular flexibility index (Phi) is 8.69. The van der Waals surface area contributed by atoms with E-state index < -0.39 is 5.97 Å². The SMILES string of the molecule is CC.CC(=O)N1c2ccc(-c3ccc(C(=O)O)cc3)cc2CC[C@@H]1C.CN. The zero-order valence-electron chi connectivity index (χ0n) is 16.8. The first-order chi connectivity index (χ1) is 13.0. The molecule has 1 aliphatic rings. The van der Waals surface area contributed by atoms with E-state index in [1.807, 2.05) is 43.0 Å².